The van der Waals surface area contributed by atoms with Crippen molar-refractivity contribution in [3.8, 4) is 33.4 Å². The summed E-state index contributed by atoms with van der Waals surface area (Å²) >= 11 is 1.88. The molecule has 0 radical (unpaired) electrons. The van der Waals surface area contributed by atoms with Gasteiger partial charge in [0.05, 0.1) is 0 Å². The van der Waals surface area contributed by atoms with Crippen LogP contribution in [0, 0.1) is 0 Å². The molecule has 46 heavy (non-hydrogen) atoms. The number of thiophene rings is 1. The molecular formula is C45H30S. The molecule has 1 heterocycles. The summed E-state index contributed by atoms with van der Waals surface area (Å²) < 4.78 is 2.68. The van der Waals surface area contributed by atoms with E-state index < -0.39 is 0 Å². The van der Waals surface area contributed by atoms with Crippen LogP contribution in [0.2, 0.25) is 0 Å². The summed E-state index contributed by atoms with van der Waals surface area (Å²) in [5.41, 5.74) is 10.6. The largest absolute Gasteiger partial charge is 0.135 e. The molecule has 0 bridgehead atoms. The maximum Gasteiger partial charge on any atom is 0.0355 e. The molecule has 0 N–H and O–H groups in total. The molecule has 1 aliphatic carbocycles. The number of benzene rings is 8. The van der Waals surface area contributed by atoms with Crippen molar-refractivity contribution >= 4 is 63.8 Å². The third-order valence-corrected chi connectivity index (χ3v) is 11.6. The van der Waals surface area contributed by atoms with Crippen molar-refractivity contribution in [1.82, 2.24) is 0 Å². The van der Waals surface area contributed by atoms with Crippen LogP contribution in [0.4, 0.5) is 0 Å². The van der Waals surface area contributed by atoms with Gasteiger partial charge in [-0.2, -0.15) is 0 Å². The maximum atomic E-state index is 2.48. The van der Waals surface area contributed by atoms with Crippen molar-refractivity contribution in [2.45, 2.75) is 19.3 Å². The molecule has 10 rings (SSSR count). The Morgan fingerprint density at radius 3 is 1.57 bits per heavy atom. The van der Waals surface area contributed by atoms with Crippen molar-refractivity contribution in [3.05, 3.63) is 157 Å². The maximum absolute atomic E-state index is 2.48. The highest BCUT2D eigenvalue weighted by molar-refractivity contribution is 7.25. The molecule has 0 nitrogen and oxygen atoms in total. The van der Waals surface area contributed by atoms with Crippen LogP contribution in [0.5, 0.6) is 0 Å². The first-order valence-electron chi connectivity index (χ1n) is 16.1. The lowest BCUT2D eigenvalue weighted by Gasteiger charge is -2.23. The van der Waals surface area contributed by atoms with Gasteiger partial charge in [0.25, 0.3) is 0 Å². The first-order valence-corrected chi connectivity index (χ1v) is 16.9. The van der Waals surface area contributed by atoms with E-state index in [1.54, 1.807) is 0 Å². The molecule has 0 atom stereocenters. The van der Waals surface area contributed by atoms with E-state index in [0.717, 1.165) is 0 Å². The Hall–Kier alpha value is -5.24. The SMILES string of the molecule is CC1(C)c2cc(-c3c4ccccc4c(-c4ccc5sc6ccccc6c5c4)c4ccccc34)ccc2-c2cc3ccccc3cc21. The van der Waals surface area contributed by atoms with Crippen molar-refractivity contribution in [1.29, 1.82) is 0 Å². The van der Waals surface area contributed by atoms with E-state index in [1.165, 1.54) is 97.0 Å². The minimum Gasteiger partial charge on any atom is -0.135 e. The lowest BCUT2D eigenvalue weighted by molar-refractivity contribution is 0.661. The van der Waals surface area contributed by atoms with Crippen molar-refractivity contribution in [3.63, 3.8) is 0 Å². The zero-order chi connectivity index (χ0) is 30.6. The van der Waals surface area contributed by atoms with Crippen LogP contribution >= 0.6 is 11.3 Å². The Bertz CT molecular complexity index is 2660. The van der Waals surface area contributed by atoms with Gasteiger partial charge in [0, 0.05) is 25.6 Å². The summed E-state index contributed by atoms with van der Waals surface area (Å²) in [7, 11) is 0. The Kier molecular flexibility index (Phi) is 5.31. The molecule has 0 spiro atoms. The molecule has 1 heteroatoms. The van der Waals surface area contributed by atoms with Crippen molar-refractivity contribution < 1.29 is 0 Å². The lowest BCUT2D eigenvalue weighted by Crippen LogP contribution is -2.15. The Morgan fingerprint density at radius 2 is 0.891 bits per heavy atom. The minimum atomic E-state index is -0.0883. The van der Waals surface area contributed by atoms with Gasteiger partial charge in [0.15, 0.2) is 0 Å². The highest BCUT2D eigenvalue weighted by Gasteiger charge is 2.36. The van der Waals surface area contributed by atoms with Crippen LogP contribution in [0.25, 0.3) is 85.9 Å². The molecule has 1 aromatic heterocycles. The van der Waals surface area contributed by atoms with Crippen LogP contribution in [0.1, 0.15) is 25.0 Å². The summed E-state index contributed by atoms with van der Waals surface area (Å²) in [6.45, 7) is 4.78. The molecular weight excluding hydrogens is 573 g/mol. The summed E-state index contributed by atoms with van der Waals surface area (Å²) in [5, 5.41) is 10.5. The van der Waals surface area contributed by atoms with Gasteiger partial charge in [-0.05, 0) is 113 Å². The average Bonchev–Trinajstić information content (AvgIpc) is 3.57. The quantitative estimate of drug-likeness (QED) is 0.173. The van der Waals surface area contributed by atoms with Gasteiger partial charge in [0.1, 0.15) is 0 Å². The number of hydrogen-bond donors (Lipinski definition) is 0. The van der Waals surface area contributed by atoms with Crippen molar-refractivity contribution in [2.75, 3.05) is 0 Å². The molecule has 0 amide bonds. The summed E-state index contributed by atoms with van der Waals surface area (Å²) in [4.78, 5) is 0. The van der Waals surface area contributed by atoms with E-state index in [0.29, 0.717) is 0 Å². The molecule has 0 saturated heterocycles. The van der Waals surface area contributed by atoms with Crippen LogP contribution in [0.3, 0.4) is 0 Å². The summed E-state index contributed by atoms with van der Waals surface area (Å²) in [6, 6.07) is 54.6. The molecule has 9 aromatic rings. The second-order valence-electron chi connectivity index (χ2n) is 13.3. The molecule has 216 valence electrons. The first-order chi connectivity index (χ1) is 22.6. The van der Waals surface area contributed by atoms with E-state index in [4.69, 9.17) is 0 Å². The topological polar surface area (TPSA) is 0 Å². The number of rotatable bonds is 2. The van der Waals surface area contributed by atoms with Crippen LogP contribution in [0.15, 0.2) is 146 Å². The summed E-state index contributed by atoms with van der Waals surface area (Å²) in [6.07, 6.45) is 0. The number of hydrogen-bond acceptors (Lipinski definition) is 1. The van der Waals surface area contributed by atoms with Gasteiger partial charge < -0.3 is 0 Å². The van der Waals surface area contributed by atoms with E-state index in [2.05, 4.69) is 159 Å². The minimum absolute atomic E-state index is 0.0883. The molecule has 0 fully saturated rings. The predicted molar refractivity (Wildman–Crippen MR) is 200 cm³/mol. The predicted octanol–water partition coefficient (Wildman–Crippen LogP) is 13.2. The van der Waals surface area contributed by atoms with E-state index in [1.807, 2.05) is 11.3 Å². The normalized spacial score (nSPS) is 13.6. The van der Waals surface area contributed by atoms with Gasteiger partial charge in [0.2, 0.25) is 0 Å². The monoisotopic (exact) mass is 602 g/mol. The second-order valence-corrected chi connectivity index (χ2v) is 14.4. The fourth-order valence-electron chi connectivity index (χ4n) is 8.21. The highest BCUT2D eigenvalue weighted by Crippen LogP contribution is 2.52. The molecule has 0 saturated carbocycles. The second kappa shape index (κ2) is 9.39. The van der Waals surface area contributed by atoms with Gasteiger partial charge in [-0.3, -0.25) is 0 Å². The lowest BCUT2D eigenvalue weighted by atomic mass is 9.80. The van der Waals surface area contributed by atoms with Crippen LogP contribution < -0.4 is 0 Å². The first kappa shape index (κ1) is 26.0. The third kappa shape index (κ3) is 3.55. The van der Waals surface area contributed by atoms with E-state index in [-0.39, 0.29) is 5.41 Å². The molecule has 1 aliphatic rings. The highest BCUT2D eigenvalue weighted by atomic mass is 32.1. The Balaban J connectivity index is 1.23. The van der Waals surface area contributed by atoms with Gasteiger partial charge in [-0.1, -0.05) is 123 Å². The third-order valence-electron chi connectivity index (χ3n) is 10.4. The zero-order valence-electron chi connectivity index (χ0n) is 25.8. The standard InChI is InChI=1S/C45H30S/c1-45(2)39-26-30(19-21-31(39)37-23-27-11-3-4-12-28(27)25-40(37)45)44-35-16-7-5-14-33(35)43(34-15-6-8-17-36(34)44)29-20-22-42-38(24-29)32-13-9-10-18-41(32)46-42/h3-26H,1-2H3. The Morgan fingerprint density at radius 1 is 0.391 bits per heavy atom. The van der Waals surface area contributed by atoms with Gasteiger partial charge in [-0.25, -0.2) is 0 Å². The smallest absolute Gasteiger partial charge is 0.0355 e. The van der Waals surface area contributed by atoms with E-state index in [9.17, 15) is 0 Å². The Labute approximate surface area is 272 Å². The fourth-order valence-corrected chi connectivity index (χ4v) is 9.30. The fraction of sp³-hybridized carbons (Fsp3) is 0.0667. The number of fused-ring (bicyclic) bond motifs is 9. The van der Waals surface area contributed by atoms with Crippen LogP contribution in [-0.4, -0.2) is 0 Å². The van der Waals surface area contributed by atoms with E-state index >= 15 is 0 Å². The molecule has 8 aromatic carbocycles. The zero-order valence-corrected chi connectivity index (χ0v) is 26.6. The van der Waals surface area contributed by atoms with Crippen molar-refractivity contribution in [2.24, 2.45) is 0 Å². The summed E-state index contributed by atoms with van der Waals surface area (Å²) in [5.74, 6) is 0. The molecule has 0 aliphatic heterocycles. The van der Waals surface area contributed by atoms with Gasteiger partial charge >= 0.3 is 0 Å². The van der Waals surface area contributed by atoms with Gasteiger partial charge in [-0.15, -0.1) is 11.3 Å². The molecule has 0 unspecified atom stereocenters. The van der Waals surface area contributed by atoms with Crippen LogP contribution in [-0.2, 0) is 5.41 Å². The average molecular weight is 603 g/mol.